The molecule has 2 aromatic rings. The lowest BCUT2D eigenvalue weighted by molar-refractivity contribution is -0.133. The molecular formula is C28H28FN5OS. The van der Waals surface area contributed by atoms with E-state index in [2.05, 4.69) is 18.8 Å². The molecule has 1 aromatic carbocycles. The van der Waals surface area contributed by atoms with Crippen LogP contribution in [0.3, 0.4) is 0 Å². The normalized spacial score (nSPS) is 31.1. The molecule has 1 aromatic heterocycles. The number of carbonyl (C=O) groups is 1. The molecule has 0 radical (unpaired) electrons. The number of nitrogens with zero attached hydrogens (tertiary/aromatic N) is 4. The Balaban J connectivity index is 1.31. The van der Waals surface area contributed by atoms with Gasteiger partial charge in [-0.3, -0.25) is 14.8 Å². The van der Waals surface area contributed by atoms with Crippen LogP contribution >= 0.6 is 11.8 Å². The van der Waals surface area contributed by atoms with Crippen LogP contribution in [-0.2, 0) is 16.8 Å². The van der Waals surface area contributed by atoms with Crippen molar-refractivity contribution in [3.63, 3.8) is 0 Å². The van der Waals surface area contributed by atoms with Gasteiger partial charge in [-0.15, -0.1) is 0 Å². The summed E-state index contributed by atoms with van der Waals surface area (Å²) in [6.07, 6.45) is 5.64. The number of amidine groups is 1. The van der Waals surface area contributed by atoms with Crippen molar-refractivity contribution in [1.82, 2.24) is 9.88 Å². The second kappa shape index (κ2) is 8.17. The van der Waals surface area contributed by atoms with Gasteiger partial charge >= 0.3 is 0 Å². The zero-order chi connectivity index (χ0) is 25.2. The van der Waals surface area contributed by atoms with Gasteiger partial charge in [-0.2, -0.15) is 5.26 Å². The Labute approximate surface area is 214 Å². The Morgan fingerprint density at radius 2 is 2.06 bits per heavy atom. The van der Waals surface area contributed by atoms with Gasteiger partial charge < -0.3 is 10.6 Å². The molecule has 184 valence electrons. The van der Waals surface area contributed by atoms with Crippen molar-refractivity contribution in [1.29, 1.82) is 5.26 Å². The number of fused-ring (bicyclic) bond motifs is 4. The molecule has 4 atom stereocenters. The third-order valence-electron chi connectivity index (χ3n) is 8.52. The molecule has 2 aliphatic heterocycles. The zero-order valence-electron chi connectivity index (χ0n) is 20.4. The second-order valence-corrected chi connectivity index (χ2v) is 11.9. The van der Waals surface area contributed by atoms with Crippen LogP contribution in [0.4, 0.5) is 4.39 Å². The Morgan fingerprint density at radius 1 is 1.28 bits per heavy atom. The number of pyridine rings is 1. The summed E-state index contributed by atoms with van der Waals surface area (Å²) in [7, 11) is 0. The van der Waals surface area contributed by atoms with E-state index in [9.17, 15) is 9.18 Å². The summed E-state index contributed by atoms with van der Waals surface area (Å²) in [6, 6.07) is 10.9. The molecule has 4 aliphatic rings. The van der Waals surface area contributed by atoms with E-state index in [1.807, 2.05) is 29.2 Å². The fourth-order valence-corrected chi connectivity index (χ4v) is 8.02. The van der Waals surface area contributed by atoms with Crippen molar-refractivity contribution in [3.05, 3.63) is 64.5 Å². The molecule has 36 heavy (non-hydrogen) atoms. The first kappa shape index (κ1) is 23.2. The van der Waals surface area contributed by atoms with Crippen LogP contribution in [0, 0.1) is 29.1 Å². The van der Waals surface area contributed by atoms with Crippen molar-refractivity contribution < 1.29 is 9.18 Å². The van der Waals surface area contributed by atoms with E-state index in [4.69, 9.17) is 16.0 Å². The number of rotatable bonds is 3. The first-order chi connectivity index (χ1) is 17.3. The molecular weight excluding hydrogens is 473 g/mol. The SMILES string of the molecule is CC1CCN(C(=O)[C@@]23SC(N)=N[C@@]4(Cc5ccc(/C=C(\F)c6ccc(C#N)cn6)cc54)C2[C@@H]3C)CC1. The third-order valence-corrected chi connectivity index (χ3v) is 9.96. The summed E-state index contributed by atoms with van der Waals surface area (Å²) in [4.78, 5) is 24.9. The largest absolute Gasteiger partial charge is 0.378 e. The molecule has 3 heterocycles. The van der Waals surface area contributed by atoms with Gasteiger partial charge in [-0.1, -0.05) is 37.7 Å². The summed E-state index contributed by atoms with van der Waals surface area (Å²) in [5.74, 6) is 0.619. The summed E-state index contributed by atoms with van der Waals surface area (Å²) >= 11 is 1.45. The summed E-state index contributed by atoms with van der Waals surface area (Å²) < 4.78 is 14.4. The van der Waals surface area contributed by atoms with E-state index in [1.54, 1.807) is 6.07 Å². The maximum absolute atomic E-state index is 15.0. The molecule has 6 rings (SSSR count). The van der Waals surface area contributed by atoms with Crippen LogP contribution in [0.2, 0.25) is 0 Å². The number of thioether (sulfide) groups is 1. The Hall–Kier alpha value is -3.18. The minimum Gasteiger partial charge on any atom is -0.378 e. The fourth-order valence-electron chi connectivity index (χ4n) is 6.47. The molecule has 8 heteroatoms. The number of hydrogen-bond donors (Lipinski definition) is 1. The van der Waals surface area contributed by atoms with Crippen LogP contribution < -0.4 is 5.73 Å². The standard InChI is InChI=1S/C28H28FN5OS/c1-16-7-9-34(10-8-16)25(35)28-17(2)24(28)27(33-26(31)36-28)13-20-5-3-18(11-21(20)27)12-22(29)23-6-4-19(14-30)15-32-23/h3-6,11-12,15-17,24H,7-10,13H2,1-2H3,(H2,31,33)/b22-12-/t17-,24?,27+,28-/m0/s1. The summed E-state index contributed by atoms with van der Waals surface area (Å²) in [5, 5.41) is 9.41. The Bertz CT molecular complexity index is 1360. The maximum atomic E-state index is 15.0. The number of aliphatic imine (C=N–C) groups is 1. The first-order valence-electron chi connectivity index (χ1n) is 12.5. The zero-order valence-corrected chi connectivity index (χ0v) is 21.2. The number of amides is 1. The molecule has 2 aliphatic carbocycles. The average Bonchev–Trinajstić information content (AvgIpc) is 3.49. The van der Waals surface area contributed by atoms with Crippen molar-refractivity contribution >= 4 is 34.7 Å². The van der Waals surface area contributed by atoms with Gasteiger partial charge in [-0.05, 0) is 65.6 Å². The lowest BCUT2D eigenvalue weighted by Crippen LogP contribution is -2.51. The molecule has 0 bridgehead atoms. The Morgan fingerprint density at radius 3 is 2.75 bits per heavy atom. The molecule has 2 fully saturated rings. The highest BCUT2D eigenvalue weighted by molar-refractivity contribution is 8.15. The third kappa shape index (κ3) is 3.32. The van der Waals surface area contributed by atoms with Gasteiger partial charge in [0.05, 0.1) is 16.8 Å². The highest BCUT2D eigenvalue weighted by Crippen LogP contribution is 2.73. The Kier molecular flexibility index (Phi) is 5.27. The molecule has 2 N–H and O–H groups in total. The number of benzene rings is 1. The monoisotopic (exact) mass is 501 g/mol. The van der Waals surface area contributed by atoms with Crippen molar-refractivity contribution in [2.45, 2.75) is 43.4 Å². The van der Waals surface area contributed by atoms with E-state index >= 15 is 0 Å². The van der Waals surface area contributed by atoms with Crippen LogP contribution in [0.5, 0.6) is 0 Å². The van der Waals surface area contributed by atoms with Crippen LogP contribution in [0.25, 0.3) is 11.9 Å². The average molecular weight is 502 g/mol. The van der Waals surface area contributed by atoms with E-state index in [1.165, 1.54) is 35.7 Å². The maximum Gasteiger partial charge on any atom is 0.239 e. The summed E-state index contributed by atoms with van der Waals surface area (Å²) in [5.41, 5.74) is 9.34. The van der Waals surface area contributed by atoms with Crippen LogP contribution in [0.15, 0.2) is 41.5 Å². The van der Waals surface area contributed by atoms with E-state index in [-0.39, 0.29) is 23.4 Å². The lowest BCUT2D eigenvalue weighted by Gasteiger charge is -2.45. The molecule has 1 unspecified atom stereocenters. The minimum atomic E-state index is -0.562. The number of hydrogen-bond acceptors (Lipinski definition) is 6. The van der Waals surface area contributed by atoms with E-state index < -0.39 is 16.1 Å². The fraction of sp³-hybridized carbons (Fsp3) is 0.429. The van der Waals surface area contributed by atoms with Crippen LogP contribution in [-0.4, -0.2) is 38.8 Å². The number of likely N-dealkylation sites (tertiary alicyclic amines) is 1. The highest BCUT2D eigenvalue weighted by atomic mass is 32.2. The molecule has 6 nitrogen and oxygen atoms in total. The van der Waals surface area contributed by atoms with Gasteiger partial charge in [-0.25, -0.2) is 4.39 Å². The topological polar surface area (TPSA) is 95.4 Å². The van der Waals surface area contributed by atoms with Crippen molar-refractivity contribution in [3.8, 4) is 6.07 Å². The van der Waals surface area contributed by atoms with Gasteiger partial charge in [0.15, 0.2) is 5.17 Å². The molecule has 1 amide bonds. The van der Waals surface area contributed by atoms with Gasteiger partial charge in [0, 0.05) is 31.6 Å². The molecule has 1 spiro atoms. The number of halogens is 1. The quantitative estimate of drug-likeness (QED) is 0.668. The number of carbonyl (C=O) groups excluding carboxylic acids is 1. The first-order valence-corrected chi connectivity index (χ1v) is 13.3. The lowest BCUT2D eigenvalue weighted by atomic mass is 9.66. The predicted molar refractivity (Wildman–Crippen MR) is 139 cm³/mol. The van der Waals surface area contributed by atoms with Gasteiger partial charge in [0.1, 0.15) is 16.6 Å². The van der Waals surface area contributed by atoms with E-state index in [0.717, 1.165) is 37.9 Å². The number of nitriles is 1. The highest BCUT2D eigenvalue weighted by Gasteiger charge is 2.79. The number of piperidine rings is 1. The van der Waals surface area contributed by atoms with E-state index in [0.29, 0.717) is 22.2 Å². The summed E-state index contributed by atoms with van der Waals surface area (Å²) in [6.45, 7) is 6.01. The number of aromatic nitrogens is 1. The molecule has 1 saturated carbocycles. The smallest absolute Gasteiger partial charge is 0.239 e. The van der Waals surface area contributed by atoms with Gasteiger partial charge in [0.25, 0.3) is 0 Å². The van der Waals surface area contributed by atoms with Crippen molar-refractivity contribution in [2.75, 3.05) is 13.1 Å². The predicted octanol–water partition coefficient (Wildman–Crippen LogP) is 4.50. The minimum absolute atomic E-state index is 0.0749. The second-order valence-electron chi connectivity index (χ2n) is 10.6. The molecule has 1 saturated heterocycles. The van der Waals surface area contributed by atoms with Crippen molar-refractivity contribution in [2.24, 2.45) is 28.5 Å². The number of nitrogens with two attached hydrogens (primary N) is 1. The van der Waals surface area contributed by atoms with Crippen LogP contribution in [0.1, 0.15) is 54.6 Å². The van der Waals surface area contributed by atoms with Gasteiger partial charge in [0.2, 0.25) is 5.91 Å².